The van der Waals surface area contributed by atoms with E-state index in [4.69, 9.17) is 4.74 Å². The number of rotatable bonds is 11. The summed E-state index contributed by atoms with van der Waals surface area (Å²) in [5.74, 6) is 5.05. The van der Waals surface area contributed by atoms with E-state index in [-0.39, 0.29) is 12.1 Å². The predicted octanol–water partition coefficient (Wildman–Crippen LogP) is 8.86. The van der Waals surface area contributed by atoms with Gasteiger partial charge in [-0.15, -0.1) is 0 Å². The number of carbonyl (C=O) groups excluding carboxylic acids is 1. The number of unbranched alkanes of at least 4 members (excludes halogenated alkanes) is 4. The maximum Gasteiger partial charge on any atom is 0.306 e. The van der Waals surface area contributed by atoms with Gasteiger partial charge in [0, 0.05) is 6.42 Å². The summed E-state index contributed by atoms with van der Waals surface area (Å²) in [5.41, 5.74) is 0. The first-order valence-corrected chi connectivity index (χ1v) is 14.4. The minimum absolute atomic E-state index is 0.0430. The zero-order valence-corrected chi connectivity index (χ0v) is 20.9. The first kappa shape index (κ1) is 25.1. The van der Waals surface area contributed by atoms with Crippen molar-refractivity contribution in [2.45, 2.75) is 148 Å². The molecule has 180 valence electrons. The molecule has 0 aliphatic heterocycles. The average molecular weight is 433 g/mol. The molecule has 0 N–H and O–H groups in total. The van der Waals surface area contributed by atoms with Gasteiger partial charge in [-0.05, 0) is 100 Å². The van der Waals surface area contributed by atoms with Crippen molar-refractivity contribution in [1.29, 1.82) is 0 Å². The van der Waals surface area contributed by atoms with Crippen LogP contribution in [0.3, 0.4) is 0 Å². The number of hydrogen-bond donors (Lipinski definition) is 0. The predicted molar refractivity (Wildman–Crippen MR) is 131 cm³/mol. The van der Waals surface area contributed by atoms with Crippen LogP contribution in [0.15, 0.2) is 0 Å². The molecule has 0 spiro atoms. The summed E-state index contributed by atoms with van der Waals surface area (Å²) in [6.07, 6.45) is 27.0. The molecule has 2 nitrogen and oxygen atoms in total. The van der Waals surface area contributed by atoms with Crippen molar-refractivity contribution < 1.29 is 9.53 Å². The zero-order valence-electron chi connectivity index (χ0n) is 20.9. The van der Waals surface area contributed by atoms with Gasteiger partial charge in [0.1, 0.15) is 6.10 Å². The Kier molecular flexibility index (Phi) is 11.2. The van der Waals surface area contributed by atoms with Crippen molar-refractivity contribution in [2.24, 2.45) is 29.6 Å². The molecule has 0 saturated heterocycles. The minimum atomic E-state index is 0.0430. The van der Waals surface area contributed by atoms with E-state index < -0.39 is 0 Å². The molecule has 0 aromatic rings. The lowest BCUT2D eigenvalue weighted by molar-refractivity contribution is -0.151. The molecule has 2 heteroatoms. The van der Waals surface area contributed by atoms with Crippen molar-refractivity contribution >= 4 is 5.97 Å². The SMILES string of the molecule is CCCCCC[C@H]1CC[C@H]([C@H]2CC[C@H]([C@H]3CC[C@H](OC(=O)CCCC)CC3)CC2)CC1. The number of carbonyl (C=O) groups is 1. The Balaban J connectivity index is 1.28. The minimum Gasteiger partial charge on any atom is -0.462 e. The van der Waals surface area contributed by atoms with Gasteiger partial charge in [0.2, 0.25) is 0 Å². The summed E-state index contributed by atoms with van der Waals surface area (Å²) in [7, 11) is 0. The lowest BCUT2D eigenvalue weighted by atomic mass is 9.65. The summed E-state index contributed by atoms with van der Waals surface area (Å²) in [5, 5.41) is 0. The van der Waals surface area contributed by atoms with Crippen molar-refractivity contribution in [2.75, 3.05) is 0 Å². The molecule has 0 aromatic carbocycles. The number of hydrogen-bond acceptors (Lipinski definition) is 2. The third-order valence-corrected chi connectivity index (χ3v) is 9.26. The molecular formula is C29H52O2. The molecule has 31 heavy (non-hydrogen) atoms. The topological polar surface area (TPSA) is 26.3 Å². The monoisotopic (exact) mass is 432 g/mol. The van der Waals surface area contributed by atoms with E-state index in [1.54, 1.807) is 0 Å². The highest BCUT2D eigenvalue weighted by Crippen LogP contribution is 2.46. The van der Waals surface area contributed by atoms with E-state index >= 15 is 0 Å². The highest BCUT2D eigenvalue weighted by Gasteiger charge is 2.35. The van der Waals surface area contributed by atoms with Crippen LogP contribution in [0.5, 0.6) is 0 Å². The summed E-state index contributed by atoms with van der Waals surface area (Å²) in [6.45, 7) is 4.45. The molecule has 3 saturated carbocycles. The quantitative estimate of drug-likeness (QED) is 0.241. The van der Waals surface area contributed by atoms with Gasteiger partial charge in [-0.1, -0.05) is 65.2 Å². The fraction of sp³-hybridized carbons (Fsp3) is 0.966. The van der Waals surface area contributed by atoms with Gasteiger partial charge in [-0.3, -0.25) is 4.79 Å². The Hall–Kier alpha value is -0.530. The second-order valence-corrected chi connectivity index (χ2v) is 11.4. The maximum absolute atomic E-state index is 11.9. The van der Waals surface area contributed by atoms with Crippen molar-refractivity contribution in [3.05, 3.63) is 0 Å². The molecule has 0 aromatic heterocycles. The summed E-state index contributed by atoms with van der Waals surface area (Å²) >= 11 is 0. The van der Waals surface area contributed by atoms with Crippen LogP contribution in [0.2, 0.25) is 0 Å². The van der Waals surface area contributed by atoms with Crippen molar-refractivity contribution in [3.63, 3.8) is 0 Å². The lowest BCUT2D eigenvalue weighted by Gasteiger charge is -2.41. The summed E-state index contributed by atoms with van der Waals surface area (Å²) in [6, 6.07) is 0. The molecular weight excluding hydrogens is 380 g/mol. The van der Waals surface area contributed by atoms with E-state index in [9.17, 15) is 4.79 Å². The van der Waals surface area contributed by atoms with Gasteiger partial charge in [0.15, 0.2) is 0 Å². The van der Waals surface area contributed by atoms with Crippen LogP contribution in [0.25, 0.3) is 0 Å². The van der Waals surface area contributed by atoms with Crippen LogP contribution >= 0.6 is 0 Å². The first-order chi connectivity index (χ1) is 15.2. The standard InChI is InChI=1S/C29H52O2/c1-3-5-7-8-9-23-11-13-24(14-12-23)25-15-17-26(18-16-25)27-19-21-28(22-20-27)31-29(30)10-6-4-2/h23-28H,3-22H2,1-2H3/t23-,24-,25-,26-,27-,28-. The number of ether oxygens (including phenoxy) is 1. The maximum atomic E-state index is 11.9. The fourth-order valence-corrected chi connectivity index (χ4v) is 7.14. The van der Waals surface area contributed by atoms with Crippen LogP contribution in [0.1, 0.15) is 142 Å². The van der Waals surface area contributed by atoms with Crippen molar-refractivity contribution in [3.8, 4) is 0 Å². The van der Waals surface area contributed by atoms with Gasteiger partial charge in [-0.2, -0.15) is 0 Å². The van der Waals surface area contributed by atoms with Crippen LogP contribution in [-0.2, 0) is 9.53 Å². The average Bonchev–Trinajstić information content (AvgIpc) is 2.82. The van der Waals surface area contributed by atoms with Gasteiger partial charge < -0.3 is 4.74 Å². The van der Waals surface area contributed by atoms with Gasteiger partial charge in [-0.25, -0.2) is 0 Å². The van der Waals surface area contributed by atoms with Gasteiger partial charge in [0.25, 0.3) is 0 Å². The van der Waals surface area contributed by atoms with Gasteiger partial charge in [0.05, 0.1) is 0 Å². The van der Waals surface area contributed by atoms with E-state index in [2.05, 4.69) is 13.8 Å². The third-order valence-electron chi connectivity index (χ3n) is 9.26. The molecule has 3 aliphatic rings. The first-order valence-electron chi connectivity index (χ1n) is 14.4. The molecule has 0 unspecified atom stereocenters. The van der Waals surface area contributed by atoms with E-state index in [0.29, 0.717) is 6.42 Å². The zero-order chi connectivity index (χ0) is 21.9. The van der Waals surface area contributed by atoms with E-state index in [1.165, 1.54) is 96.3 Å². The molecule has 0 radical (unpaired) electrons. The highest BCUT2D eigenvalue weighted by molar-refractivity contribution is 5.69. The fourth-order valence-electron chi connectivity index (χ4n) is 7.14. The molecule has 0 bridgehead atoms. The van der Waals surface area contributed by atoms with E-state index in [1.807, 2.05) is 0 Å². The van der Waals surface area contributed by atoms with Gasteiger partial charge >= 0.3 is 5.97 Å². The van der Waals surface area contributed by atoms with Crippen LogP contribution in [-0.4, -0.2) is 12.1 Å². The molecule has 3 aliphatic carbocycles. The van der Waals surface area contributed by atoms with Crippen LogP contribution < -0.4 is 0 Å². The molecule has 0 heterocycles. The van der Waals surface area contributed by atoms with Crippen LogP contribution in [0.4, 0.5) is 0 Å². The molecule has 0 atom stereocenters. The Morgan fingerprint density at radius 1 is 0.613 bits per heavy atom. The van der Waals surface area contributed by atoms with E-state index in [0.717, 1.165) is 55.3 Å². The summed E-state index contributed by atoms with van der Waals surface area (Å²) < 4.78 is 5.73. The Morgan fingerprint density at radius 3 is 1.61 bits per heavy atom. The van der Waals surface area contributed by atoms with Crippen molar-refractivity contribution in [1.82, 2.24) is 0 Å². The largest absolute Gasteiger partial charge is 0.462 e. The molecule has 3 rings (SSSR count). The second-order valence-electron chi connectivity index (χ2n) is 11.4. The lowest BCUT2D eigenvalue weighted by Crippen LogP contribution is -2.31. The highest BCUT2D eigenvalue weighted by atomic mass is 16.5. The Labute approximate surface area is 193 Å². The Bertz CT molecular complexity index is 477. The normalized spacial score (nSPS) is 34.4. The van der Waals surface area contributed by atoms with Crippen LogP contribution in [0, 0.1) is 29.6 Å². The molecule has 3 fully saturated rings. The number of esters is 1. The third kappa shape index (κ3) is 8.39. The second kappa shape index (κ2) is 13.9. The summed E-state index contributed by atoms with van der Waals surface area (Å²) in [4.78, 5) is 11.9. The smallest absolute Gasteiger partial charge is 0.306 e. The molecule has 0 amide bonds. The Morgan fingerprint density at radius 2 is 1.10 bits per heavy atom.